The van der Waals surface area contributed by atoms with Crippen molar-refractivity contribution in [2.24, 2.45) is 5.92 Å². The number of methoxy groups -OCH3 is 1. The van der Waals surface area contributed by atoms with Crippen LogP contribution in [0.5, 0.6) is 0 Å². The lowest BCUT2D eigenvalue weighted by molar-refractivity contribution is -0.584. The maximum atomic E-state index is 11.4. The number of esters is 1. The van der Waals surface area contributed by atoms with Gasteiger partial charge in [-0.25, -0.2) is 0 Å². The SMILES string of the molecule is COC(=O)C1CC=C([n+]2ccccc2)CC1. The topological polar surface area (TPSA) is 30.2 Å². The third kappa shape index (κ3) is 2.30. The number of rotatable bonds is 2. The molecule has 1 heterocycles. The van der Waals surface area contributed by atoms with E-state index in [2.05, 4.69) is 10.6 Å². The molecule has 1 unspecified atom stereocenters. The molecule has 0 radical (unpaired) electrons. The number of nitrogens with zero attached hydrogens (tertiary/aromatic N) is 1. The van der Waals surface area contributed by atoms with Gasteiger partial charge in [0, 0.05) is 18.6 Å². The molecule has 2 rings (SSSR count). The number of hydrogen-bond acceptors (Lipinski definition) is 2. The van der Waals surface area contributed by atoms with E-state index in [-0.39, 0.29) is 11.9 Å². The van der Waals surface area contributed by atoms with E-state index < -0.39 is 0 Å². The van der Waals surface area contributed by atoms with Crippen molar-refractivity contribution in [2.75, 3.05) is 7.11 Å². The fourth-order valence-corrected chi connectivity index (χ4v) is 2.03. The summed E-state index contributed by atoms with van der Waals surface area (Å²) >= 11 is 0. The van der Waals surface area contributed by atoms with Gasteiger partial charge < -0.3 is 4.74 Å². The van der Waals surface area contributed by atoms with E-state index in [0.717, 1.165) is 19.3 Å². The van der Waals surface area contributed by atoms with Crippen LogP contribution in [0, 0.1) is 5.92 Å². The third-order valence-corrected chi connectivity index (χ3v) is 2.97. The van der Waals surface area contributed by atoms with Gasteiger partial charge in [0.1, 0.15) is 0 Å². The Hall–Kier alpha value is -1.64. The molecule has 1 aromatic rings. The second kappa shape index (κ2) is 4.92. The normalized spacial score (nSPS) is 20.1. The molecule has 1 aliphatic carbocycles. The standard InChI is InChI=1S/C13H16NO2/c1-16-13(15)11-5-7-12(8-6-11)14-9-3-2-4-10-14/h2-4,7,9-11H,5-6,8H2,1H3/q+1. The number of pyridine rings is 1. The monoisotopic (exact) mass is 218 g/mol. The maximum absolute atomic E-state index is 11.4. The van der Waals surface area contributed by atoms with E-state index in [9.17, 15) is 4.79 Å². The number of hydrogen-bond donors (Lipinski definition) is 0. The molecule has 0 fully saturated rings. The summed E-state index contributed by atoms with van der Waals surface area (Å²) in [5.41, 5.74) is 1.26. The van der Waals surface area contributed by atoms with Gasteiger partial charge in [0.05, 0.1) is 13.0 Å². The van der Waals surface area contributed by atoms with Crippen LogP contribution >= 0.6 is 0 Å². The van der Waals surface area contributed by atoms with Crippen LogP contribution in [0.2, 0.25) is 0 Å². The van der Waals surface area contributed by atoms with Gasteiger partial charge in [0.2, 0.25) is 0 Å². The number of ether oxygens (including phenoxy) is 1. The minimum absolute atomic E-state index is 0.0399. The fourth-order valence-electron chi connectivity index (χ4n) is 2.03. The quantitative estimate of drug-likeness (QED) is 0.559. The van der Waals surface area contributed by atoms with Gasteiger partial charge in [-0.2, -0.15) is 4.57 Å². The van der Waals surface area contributed by atoms with Crippen LogP contribution in [0.3, 0.4) is 0 Å². The summed E-state index contributed by atoms with van der Waals surface area (Å²) in [6.07, 6.45) is 8.78. The highest BCUT2D eigenvalue weighted by Gasteiger charge is 2.25. The van der Waals surface area contributed by atoms with Crippen molar-refractivity contribution < 1.29 is 14.1 Å². The molecule has 1 atom stereocenters. The van der Waals surface area contributed by atoms with Gasteiger partial charge in [-0.05, 0) is 18.9 Å². The van der Waals surface area contributed by atoms with Gasteiger partial charge in [0.15, 0.2) is 18.1 Å². The van der Waals surface area contributed by atoms with Crippen LogP contribution in [0.15, 0.2) is 36.7 Å². The van der Waals surface area contributed by atoms with Crippen molar-refractivity contribution in [1.82, 2.24) is 0 Å². The van der Waals surface area contributed by atoms with Gasteiger partial charge in [0.25, 0.3) is 0 Å². The molecule has 84 valence electrons. The number of allylic oxidation sites excluding steroid dienone is 2. The van der Waals surface area contributed by atoms with Gasteiger partial charge in [-0.15, -0.1) is 0 Å². The summed E-state index contributed by atoms with van der Waals surface area (Å²) in [6, 6.07) is 6.01. The third-order valence-electron chi connectivity index (χ3n) is 2.97. The van der Waals surface area contributed by atoms with Crippen molar-refractivity contribution in [1.29, 1.82) is 0 Å². The highest BCUT2D eigenvalue weighted by molar-refractivity contribution is 5.73. The highest BCUT2D eigenvalue weighted by atomic mass is 16.5. The van der Waals surface area contributed by atoms with Crippen LogP contribution in [-0.4, -0.2) is 13.1 Å². The molecule has 1 aromatic heterocycles. The minimum Gasteiger partial charge on any atom is -0.469 e. The van der Waals surface area contributed by atoms with Crippen molar-refractivity contribution in [3.05, 3.63) is 36.7 Å². The molecule has 0 aliphatic heterocycles. The maximum Gasteiger partial charge on any atom is 0.308 e. The van der Waals surface area contributed by atoms with Crippen LogP contribution < -0.4 is 4.57 Å². The Balaban J connectivity index is 2.07. The minimum atomic E-state index is -0.0895. The lowest BCUT2D eigenvalue weighted by Gasteiger charge is -2.16. The Morgan fingerprint density at radius 3 is 2.69 bits per heavy atom. The molecule has 1 aliphatic rings. The molecule has 0 amide bonds. The first kappa shape index (κ1) is 10.9. The summed E-state index contributed by atoms with van der Waals surface area (Å²) in [7, 11) is 1.45. The number of carbonyl (C=O) groups excluding carboxylic acids is 1. The summed E-state index contributed by atoms with van der Waals surface area (Å²) < 4.78 is 6.86. The fraction of sp³-hybridized carbons (Fsp3) is 0.385. The van der Waals surface area contributed by atoms with Crippen LogP contribution in [0.1, 0.15) is 19.3 Å². The average Bonchev–Trinajstić information content (AvgIpc) is 2.39. The van der Waals surface area contributed by atoms with Crippen LogP contribution in [-0.2, 0) is 9.53 Å². The molecule has 3 nitrogen and oxygen atoms in total. The zero-order chi connectivity index (χ0) is 11.4. The predicted octanol–water partition coefficient (Wildman–Crippen LogP) is 1.79. The second-order valence-corrected chi connectivity index (χ2v) is 3.97. The van der Waals surface area contributed by atoms with E-state index >= 15 is 0 Å². The first-order valence-electron chi connectivity index (χ1n) is 5.55. The largest absolute Gasteiger partial charge is 0.469 e. The first-order chi connectivity index (χ1) is 7.81. The first-order valence-corrected chi connectivity index (χ1v) is 5.55. The van der Waals surface area contributed by atoms with Crippen molar-refractivity contribution in [2.45, 2.75) is 19.3 Å². The molecule has 0 saturated carbocycles. The summed E-state index contributed by atoms with van der Waals surface area (Å²) in [6.45, 7) is 0. The summed E-state index contributed by atoms with van der Waals surface area (Å²) in [4.78, 5) is 11.4. The van der Waals surface area contributed by atoms with E-state index in [1.807, 2.05) is 30.6 Å². The lowest BCUT2D eigenvalue weighted by Crippen LogP contribution is -2.33. The summed E-state index contributed by atoms with van der Waals surface area (Å²) in [5.74, 6) is -0.0496. The van der Waals surface area contributed by atoms with Crippen molar-refractivity contribution in [3.8, 4) is 0 Å². The molecule has 3 heteroatoms. The number of carbonyl (C=O) groups is 1. The van der Waals surface area contributed by atoms with E-state index in [1.165, 1.54) is 12.8 Å². The molecule has 0 spiro atoms. The van der Waals surface area contributed by atoms with Gasteiger partial charge >= 0.3 is 5.97 Å². The van der Waals surface area contributed by atoms with E-state index in [1.54, 1.807) is 0 Å². The Kier molecular flexibility index (Phi) is 3.34. The molecule has 0 bridgehead atoms. The molecule has 0 aromatic carbocycles. The van der Waals surface area contributed by atoms with Gasteiger partial charge in [-0.1, -0.05) is 6.07 Å². The molecular formula is C13H16NO2+. The zero-order valence-electron chi connectivity index (χ0n) is 9.43. The van der Waals surface area contributed by atoms with E-state index in [4.69, 9.17) is 4.74 Å². The average molecular weight is 218 g/mol. The number of aromatic nitrogens is 1. The Morgan fingerprint density at radius 2 is 2.12 bits per heavy atom. The highest BCUT2D eigenvalue weighted by Crippen LogP contribution is 2.24. The molecule has 0 N–H and O–H groups in total. The van der Waals surface area contributed by atoms with Crippen LogP contribution in [0.25, 0.3) is 5.70 Å². The lowest BCUT2D eigenvalue weighted by atomic mass is 9.92. The predicted molar refractivity (Wildman–Crippen MR) is 60.3 cm³/mol. The molecule has 16 heavy (non-hydrogen) atoms. The van der Waals surface area contributed by atoms with Crippen molar-refractivity contribution in [3.63, 3.8) is 0 Å². The smallest absolute Gasteiger partial charge is 0.308 e. The summed E-state index contributed by atoms with van der Waals surface area (Å²) in [5, 5.41) is 0. The molecule has 0 saturated heterocycles. The molecular weight excluding hydrogens is 202 g/mol. The zero-order valence-corrected chi connectivity index (χ0v) is 9.43. The second-order valence-electron chi connectivity index (χ2n) is 3.97. The Bertz CT molecular complexity index is 398. The van der Waals surface area contributed by atoms with E-state index in [0.29, 0.717) is 0 Å². The van der Waals surface area contributed by atoms with Crippen LogP contribution in [0.4, 0.5) is 0 Å². The van der Waals surface area contributed by atoms with Crippen molar-refractivity contribution >= 4 is 11.7 Å². The Labute approximate surface area is 95.4 Å². The Morgan fingerprint density at radius 1 is 1.38 bits per heavy atom. The van der Waals surface area contributed by atoms with Gasteiger partial charge in [-0.3, -0.25) is 4.79 Å².